The maximum absolute atomic E-state index is 6.55. The normalized spacial score (nSPS) is 11.4. The fourth-order valence-corrected chi connectivity index (χ4v) is 3.05. The van der Waals surface area contributed by atoms with Crippen LogP contribution in [0, 0.1) is 6.92 Å². The Morgan fingerprint density at radius 2 is 2.14 bits per heavy atom. The van der Waals surface area contributed by atoms with Gasteiger partial charge in [0.1, 0.15) is 16.7 Å². The number of hydrogen-bond donors (Lipinski definition) is 2. The number of aryl methyl sites for hydroxylation is 1. The van der Waals surface area contributed by atoms with Crippen LogP contribution in [0.4, 0.5) is 5.82 Å². The van der Waals surface area contributed by atoms with Crippen LogP contribution in [-0.2, 0) is 6.54 Å². The highest BCUT2D eigenvalue weighted by molar-refractivity contribution is 6.32. The lowest BCUT2D eigenvalue weighted by atomic mass is 10.1. The molecule has 3 N–H and O–H groups in total. The third kappa shape index (κ3) is 2.57. The minimum Gasteiger partial charge on any atom is -0.382 e. The van der Waals surface area contributed by atoms with E-state index in [4.69, 9.17) is 17.3 Å². The Hall–Kier alpha value is -2.01. The molecule has 6 heteroatoms. The first kappa shape index (κ1) is 14.9. The third-order valence-corrected chi connectivity index (χ3v) is 4.33. The largest absolute Gasteiger partial charge is 0.382 e. The summed E-state index contributed by atoms with van der Waals surface area (Å²) < 4.78 is 2.08. The van der Waals surface area contributed by atoms with Crippen LogP contribution in [0.1, 0.15) is 32.0 Å². The maximum Gasteiger partial charge on any atom is 0.153 e. The van der Waals surface area contributed by atoms with Gasteiger partial charge in [-0.2, -0.15) is 5.10 Å². The summed E-state index contributed by atoms with van der Waals surface area (Å²) in [5.41, 5.74) is 8.48. The molecule has 0 aliphatic heterocycles. The lowest BCUT2D eigenvalue weighted by Crippen LogP contribution is -2.00. The first-order chi connectivity index (χ1) is 10.6. The van der Waals surface area contributed by atoms with Crippen molar-refractivity contribution >= 4 is 28.3 Å². The minimum absolute atomic E-state index is 0.508. The minimum atomic E-state index is 0.508. The molecule has 0 spiro atoms. The van der Waals surface area contributed by atoms with Crippen LogP contribution >= 0.6 is 11.6 Å². The lowest BCUT2D eigenvalue weighted by Gasteiger charge is -2.06. The number of hydrogen-bond acceptors (Lipinski definition) is 3. The maximum atomic E-state index is 6.55. The first-order valence-corrected chi connectivity index (χ1v) is 7.96. The zero-order valence-corrected chi connectivity index (χ0v) is 13.6. The van der Waals surface area contributed by atoms with Crippen molar-refractivity contribution in [2.45, 2.75) is 39.7 Å². The number of fused-ring (bicyclic) bond motifs is 1. The van der Waals surface area contributed by atoms with Crippen molar-refractivity contribution in [1.29, 1.82) is 0 Å². The summed E-state index contributed by atoms with van der Waals surface area (Å²) in [6.45, 7) is 5.10. The number of rotatable bonds is 5. The Labute approximate surface area is 134 Å². The van der Waals surface area contributed by atoms with Gasteiger partial charge in [-0.25, -0.2) is 4.98 Å². The summed E-state index contributed by atoms with van der Waals surface area (Å²) in [6.07, 6.45) is 3.50. The number of nitrogens with zero attached hydrogens (tertiary/aromatic N) is 3. The number of aromatic amines is 1. The number of anilines is 1. The van der Waals surface area contributed by atoms with Gasteiger partial charge in [0.2, 0.25) is 0 Å². The average Bonchev–Trinajstić information content (AvgIpc) is 3.01. The second kappa shape index (κ2) is 6.01. The van der Waals surface area contributed by atoms with Crippen molar-refractivity contribution in [3.05, 3.63) is 29.2 Å². The van der Waals surface area contributed by atoms with Gasteiger partial charge >= 0.3 is 0 Å². The Morgan fingerprint density at radius 3 is 2.91 bits per heavy atom. The van der Waals surface area contributed by atoms with E-state index in [9.17, 15) is 0 Å². The zero-order valence-electron chi connectivity index (χ0n) is 12.9. The van der Waals surface area contributed by atoms with Gasteiger partial charge in [-0.1, -0.05) is 37.4 Å². The number of benzene rings is 1. The second-order valence-corrected chi connectivity index (χ2v) is 5.88. The molecule has 0 aliphatic rings. The average molecular weight is 318 g/mol. The molecule has 22 heavy (non-hydrogen) atoms. The van der Waals surface area contributed by atoms with Gasteiger partial charge < -0.3 is 10.3 Å². The Bertz CT molecular complexity index is 802. The molecule has 0 saturated heterocycles. The summed E-state index contributed by atoms with van der Waals surface area (Å²) in [6, 6.07) is 5.92. The van der Waals surface area contributed by atoms with E-state index < -0.39 is 0 Å². The van der Waals surface area contributed by atoms with Crippen LogP contribution in [0.25, 0.3) is 22.2 Å². The van der Waals surface area contributed by atoms with E-state index in [0.29, 0.717) is 11.0 Å². The summed E-state index contributed by atoms with van der Waals surface area (Å²) in [5.74, 6) is 1.45. The van der Waals surface area contributed by atoms with Gasteiger partial charge in [-0.3, -0.25) is 5.10 Å². The molecule has 0 aliphatic carbocycles. The van der Waals surface area contributed by atoms with Crippen molar-refractivity contribution in [1.82, 2.24) is 19.7 Å². The molecule has 3 aromatic rings. The number of nitrogens with one attached hydrogen (secondary N) is 1. The molecule has 2 aromatic heterocycles. The summed E-state index contributed by atoms with van der Waals surface area (Å²) in [7, 11) is 0. The molecule has 1 aromatic carbocycles. The van der Waals surface area contributed by atoms with Crippen LogP contribution in [0.3, 0.4) is 0 Å². The third-order valence-electron chi connectivity index (χ3n) is 3.95. The lowest BCUT2D eigenvalue weighted by molar-refractivity contribution is 0.591. The highest BCUT2D eigenvalue weighted by Gasteiger charge is 2.15. The molecule has 0 fully saturated rings. The Balaban J connectivity index is 1.97. The number of nitrogens with two attached hydrogens (primary N) is 1. The number of aromatic nitrogens is 4. The predicted octanol–water partition coefficient (Wildman–Crippen LogP) is 4.16. The van der Waals surface area contributed by atoms with Crippen molar-refractivity contribution in [3.8, 4) is 11.3 Å². The fourth-order valence-electron chi connectivity index (χ4n) is 2.69. The van der Waals surface area contributed by atoms with Crippen LogP contribution in [0.5, 0.6) is 0 Å². The van der Waals surface area contributed by atoms with Gasteiger partial charge in [0, 0.05) is 17.5 Å². The van der Waals surface area contributed by atoms with Gasteiger partial charge in [-0.15, -0.1) is 0 Å². The van der Waals surface area contributed by atoms with Crippen molar-refractivity contribution in [2.24, 2.45) is 0 Å². The zero-order chi connectivity index (χ0) is 15.7. The molecule has 0 atom stereocenters. The van der Waals surface area contributed by atoms with Gasteiger partial charge in [-0.05, 0) is 25.5 Å². The number of H-pyrrole nitrogens is 1. The highest BCUT2D eigenvalue weighted by Crippen LogP contribution is 2.31. The van der Waals surface area contributed by atoms with Crippen LogP contribution in [0.2, 0.25) is 5.15 Å². The molecular formula is C16H20ClN5. The standard InChI is InChI=1S/C16H20ClN5/c1-3-4-5-8-22-10(2)19-14(15(22)17)11-6-7-12-13(9-11)20-21-16(12)18/h6-7,9H,3-5,8H2,1-2H3,(H3,18,20,21). The number of nitrogen functional groups attached to an aromatic ring is 1. The molecule has 0 amide bonds. The van der Waals surface area contributed by atoms with Crippen molar-refractivity contribution in [2.75, 3.05) is 5.73 Å². The molecule has 116 valence electrons. The van der Waals surface area contributed by atoms with Gasteiger partial charge in [0.15, 0.2) is 5.82 Å². The Morgan fingerprint density at radius 1 is 1.32 bits per heavy atom. The first-order valence-electron chi connectivity index (χ1n) is 7.58. The second-order valence-electron chi connectivity index (χ2n) is 5.53. The van der Waals surface area contributed by atoms with E-state index in [1.807, 2.05) is 25.1 Å². The SMILES string of the molecule is CCCCCn1c(C)nc(-c2ccc3c(N)n[nH]c3c2)c1Cl. The van der Waals surface area contributed by atoms with Crippen LogP contribution in [0.15, 0.2) is 18.2 Å². The molecule has 0 unspecified atom stereocenters. The number of halogens is 1. The van der Waals surface area contributed by atoms with E-state index in [1.54, 1.807) is 0 Å². The van der Waals surface area contributed by atoms with E-state index in [0.717, 1.165) is 41.0 Å². The van der Waals surface area contributed by atoms with Crippen molar-refractivity contribution < 1.29 is 0 Å². The molecular weight excluding hydrogens is 298 g/mol. The van der Waals surface area contributed by atoms with Crippen molar-refractivity contribution in [3.63, 3.8) is 0 Å². The molecule has 0 saturated carbocycles. The molecule has 0 radical (unpaired) electrons. The number of imidazole rings is 1. The Kier molecular flexibility index (Phi) is 4.07. The number of unbranched alkanes of at least 4 members (excludes halogenated alkanes) is 2. The summed E-state index contributed by atoms with van der Waals surface area (Å²) in [4.78, 5) is 4.64. The summed E-state index contributed by atoms with van der Waals surface area (Å²) >= 11 is 6.55. The topological polar surface area (TPSA) is 72.5 Å². The molecule has 3 rings (SSSR count). The van der Waals surface area contributed by atoms with E-state index in [1.165, 1.54) is 12.8 Å². The van der Waals surface area contributed by atoms with Crippen LogP contribution < -0.4 is 5.73 Å². The van der Waals surface area contributed by atoms with E-state index in [2.05, 4.69) is 26.7 Å². The van der Waals surface area contributed by atoms with Crippen LogP contribution in [-0.4, -0.2) is 19.7 Å². The molecule has 2 heterocycles. The molecule has 0 bridgehead atoms. The highest BCUT2D eigenvalue weighted by atomic mass is 35.5. The quantitative estimate of drug-likeness (QED) is 0.694. The predicted molar refractivity (Wildman–Crippen MR) is 91.0 cm³/mol. The smallest absolute Gasteiger partial charge is 0.153 e. The summed E-state index contributed by atoms with van der Waals surface area (Å²) in [5, 5.41) is 8.56. The fraction of sp³-hybridized carbons (Fsp3) is 0.375. The van der Waals surface area contributed by atoms with E-state index in [-0.39, 0.29) is 0 Å². The van der Waals surface area contributed by atoms with Gasteiger partial charge in [0.05, 0.1) is 5.52 Å². The monoisotopic (exact) mass is 317 g/mol. The van der Waals surface area contributed by atoms with Gasteiger partial charge in [0.25, 0.3) is 0 Å². The molecule has 5 nitrogen and oxygen atoms in total. The van der Waals surface area contributed by atoms with E-state index >= 15 is 0 Å².